The van der Waals surface area contributed by atoms with E-state index >= 15 is 0 Å². The Morgan fingerprint density at radius 1 is 1.36 bits per heavy atom. The molecule has 0 fully saturated rings. The molecule has 0 atom stereocenters. The van der Waals surface area contributed by atoms with Crippen molar-refractivity contribution in [2.45, 2.75) is 0 Å². The van der Waals surface area contributed by atoms with E-state index < -0.39 is 4.92 Å². The van der Waals surface area contributed by atoms with Gasteiger partial charge >= 0.3 is 0 Å². The van der Waals surface area contributed by atoms with Crippen molar-refractivity contribution < 1.29 is 4.92 Å². The first kappa shape index (κ1) is 8.83. The molecule has 1 heterocycles. The third-order valence-electron chi connectivity index (χ3n) is 1.97. The van der Waals surface area contributed by atoms with Crippen LogP contribution in [0, 0.1) is 14.6 Å². The van der Waals surface area contributed by atoms with Crippen LogP contribution < -0.4 is 0 Å². The van der Waals surface area contributed by atoms with E-state index in [1.165, 1.54) is 6.07 Å². The Hall–Kier alpha value is -1.75. The quantitative estimate of drug-likeness (QED) is 0.443. The number of rotatable bonds is 1. The lowest BCUT2D eigenvalue weighted by Crippen LogP contribution is -1.91. The predicted octanol–water partition coefficient (Wildman–Crippen LogP) is 2.81. The zero-order valence-corrected chi connectivity index (χ0v) is 7.88. The van der Waals surface area contributed by atoms with Crippen molar-refractivity contribution in [2.24, 2.45) is 0 Å². The summed E-state index contributed by atoms with van der Waals surface area (Å²) in [7, 11) is 0. The first-order valence-electron chi connectivity index (χ1n) is 3.95. The summed E-state index contributed by atoms with van der Waals surface area (Å²) in [5, 5.41) is 11.4. The van der Waals surface area contributed by atoms with E-state index in [9.17, 15) is 10.1 Å². The minimum atomic E-state index is -0.423. The summed E-state index contributed by atoms with van der Waals surface area (Å²) in [6.07, 6.45) is 1.61. The fourth-order valence-corrected chi connectivity index (χ4v) is 1.58. The number of aromatic nitrogens is 1. The number of para-hydroxylation sites is 1. The Morgan fingerprint density at radius 3 is 2.86 bits per heavy atom. The van der Waals surface area contributed by atoms with Crippen molar-refractivity contribution in [3.8, 4) is 0 Å². The number of fused-ring (bicyclic) bond motifs is 1. The number of non-ortho nitro benzene ring substituents is 1. The molecule has 1 aromatic carbocycles. The van der Waals surface area contributed by atoms with Crippen LogP contribution >= 0.6 is 12.2 Å². The molecule has 0 amide bonds. The standard InChI is InChI=1S/C9H6N2O2S/c12-11(13)7-3-1-2-6-8(14)4-5-10-9(6)7/h1-5H,(H,10,14). The molecular formula is C9H6N2O2S. The van der Waals surface area contributed by atoms with E-state index in [2.05, 4.69) is 4.98 Å². The van der Waals surface area contributed by atoms with Gasteiger partial charge in [0.05, 0.1) is 4.92 Å². The molecule has 0 bridgehead atoms. The first-order valence-corrected chi connectivity index (χ1v) is 4.36. The average molecular weight is 206 g/mol. The van der Waals surface area contributed by atoms with E-state index in [0.29, 0.717) is 15.4 Å². The van der Waals surface area contributed by atoms with Crippen LogP contribution in [0.3, 0.4) is 0 Å². The van der Waals surface area contributed by atoms with Gasteiger partial charge in [0, 0.05) is 22.2 Å². The Morgan fingerprint density at radius 2 is 2.14 bits per heavy atom. The molecule has 2 aromatic rings. The van der Waals surface area contributed by atoms with Gasteiger partial charge in [-0.1, -0.05) is 24.4 Å². The van der Waals surface area contributed by atoms with E-state index in [0.717, 1.165) is 0 Å². The van der Waals surface area contributed by atoms with E-state index in [1.54, 1.807) is 24.4 Å². The van der Waals surface area contributed by atoms with Crippen LogP contribution in [0.2, 0.25) is 0 Å². The SMILES string of the molecule is O=[N+]([O-])c1cccc2c(=S)cc[nH]c12. The topological polar surface area (TPSA) is 58.9 Å². The van der Waals surface area contributed by atoms with Crippen LogP contribution in [0.15, 0.2) is 30.5 Å². The monoisotopic (exact) mass is 206 g/mol. The third kappa shape index (κ3) is 1.27. The number of nitrogens with zero attached hydrogens (tertiary/aromatic N) is 1. The Kier molecular flexibility index (Phi) is 2.01. The van der Waals surface area contributed by atoms with Gasteiger partial charge in [-0.3, -0.25) is 10.1 Å². The molecular weight excluding hydrogens is 200 g/mol. The molecule has 0 saturated heterocycles. The van der Waals surface area contributed by atoms with E-state index in [-0.39, 0.29) is 5.69 Å². The zero-order valence-electron chi connectivity index (χ0n) is 7.06. The lowest BCUT2D eigenvalue weighted by molar-refractivity contribution is -0.383. The van der Waals surface area contributed by atoms with Crippen molar-refractivity contribution in [3.05, 3.63) is 45.1 Å². The largest absolute Gasteiger partial charge is 0.356 e. The summed E-state index contributed by atoms with van der Waals surface area (Å²) < 4.78 is 0.613. The van der Waals surface area contributed by atoms with Gasteiger partial charge in [-0.05, 0) is 6.07 Å². The summed E-state index contributed by atoms with van der Waals surface area (Å²) in [4.78, 5) is 13.1. The molecule has 0 saturated carbocycles. The van der Waals surface area contributed by atoms with Crippen LogP contribution in [0.25, 0.3) is 10.9 Å². The molecule has 0 radical (unpaired) electrons. The smallest absolute Gasteiger partial charge is 0.293 e. The number of pyridine rings is 1. The van der Waals surface area contributed by atoms with Gasteiger partial charge in [-0.15, -0.1) is 0 Å². The highest BCUT2D eigenvalue weighted by Gasteiger charge is 2.10. The third-order valence-corrected chi connectivity index (χ3v) is 2.32. The summed E-state index contributed by atoms with van der Waals surface area (Å²) in [5.74, 6) is 0. The molecule has 14 heavy (non-hydrogen) atoms. The van der Waals surface area contributed by atoms with Crippen LogP contribution in [-0.4, -0.2) is 9.91 Å². The molecule has 70 valence electrons. The molecule has 0 aliphatic rings. The minimum Gasteiger partial charge on any atom is -0.356 e. The fourth-order valence-electron chi connectivity index (χ4n) is 1.34. The zero-order chi connectivity index (χ0) is 10.1. The molecule has 1 aromatic heterocycles. The summed E-state index contributed by atoms with van der Waals surface area (Å²) >= 11 is 5.06. The number of aromatic amines is 1. The number of nitrogens with one attached hydrogen (secondary N) is 1. The van der Waals surface area contributed by atoms with Gasteiger partial charge in [-0.25, -0.2) is 0 Å². The van der Waals surface area contributed by atoms with Crippen molar-refractivity contribution in [3.63, 3.8) is 0 Å². The van der Waals surface area contributed by atoms with Gasteiger partial charge < -0.3 is 4.98 Å². The molecule has 0 spiro atoms. The van der Waals surface area contributed by atoms with Gasteiger partial charge in [0.2, 0.25) is 0 Å². The predicted molar refractivity (Wildman–Crippen MR) is 55.8 cm³/mol. The maximum absolute atomic E-state index is 10.7. The normalized spacial score (nSPS) is 10.3. The number of benzene rings is 1. The minimum absolute atomic E-state index is 0.0502. The number of nitro groups is 1. The second-order valence-corrected chi connectivity index (χ2v) is 3.24. The number of nitro benzene ring substituents is 1. The average Bonchev–Trinajstić information content (AvgIpc) is 2.17. The van der Waals surface area contributed by atoms with Gasteiger partial charge in [-0.2, -0.15) is 0 Å². The van der Waals surface area contributed by atoms with Gasteiger partial charge in [0.1, 0.15) is 5.52 Å². The Labute approximate surface area is 84.3 Å². The molecule has 0 unspecified atom stereocenters. The van der Waals surface area contributed by atoms with E-state index in [4.69, 9.17) is 12.2 Å². The number of H-pyrrole nitrogens is 1. The van der Waals surface area contributed by atoms with Crippen molar-refractivity contribution in [2.75, 3.05) is 0 Å². The summed E-state index contributed by atoms with van der Waals surface area (Å²) in [6.45, 7) is 0. The molecule has 2 rings (SSSR count). The molecule has 0 aliphatic carbocycles. The molecule has 0 aliphatic heterocycles. The maximum Gasteiger partial charge on any atom is 0.293 e. The van der Waals surface area contributed by atoms with Crippen LogP contribution in [0.1, 0.15) is 0 Å². The van der Waals surface area contributed by atoms with Crippen LogP contribution in [0.5, 0.6) is 0 Å². The summed E-state index contributed by atoms with van der Waals surface area (Å²) in [5.41, 5.74) is 0.527. The lowest BCUT2D eigenvalue weighted by Gasteiger charge is -1.98. The number of hydrogen-bond donors (Lipinski definition) is 1. The molecule has 1 N–H and O–H groups in total. The Bertz CT molecular complexity index is 562. The number of hydrogen-bond acceptors (Lipinski definition) is 3. The maximum atomic E-state index is 10.7. The van der Waals surface area contributed by atoms with Gasteiger partial charge in [0.15, 0.2) is 0 Å². The first-order chi connectivity index (χ1) is 6.70. The lowest BCUT2D eigenvalue weighted by atomic mass is 10.2. The molecule has 5 heteroatoms. The van der Waals surface area contributed by atoms with Crippen LogP contribution in [0.4, 0.5) is 5.69 Å². The second-order valence-electron chi connectivity index (χ2n) is 2.80. The van der Waals surface area contributed by atoms with Crippen molar-refractivity contribution in [1.82, 2.24) is 4.98 Å². The molecule has 4 nitrogen and oxygen atoms in total. The second kappa shape index (κ2) is 3.19. The Balaban J connectivity index is 2.95. The van der Waals surface area contributed by atoms with Crippen molar-refractivity contribution >= 4 is 28.8 Å². The highest BCUT2D eigenvalue weighted by atomic mass is 32.1. The highest BCUT2D eigenvalue weighted by Crippen LogP contribution is 2.23. The van der Waals surface area contributed by atoms with Crippen molar-refractivity contribution in [1.29, 1.82) is 0 Å². The highest BCUT2D eigenvalue weighted by molar-refractivity contribution is 7.71. The summed E-state index contributed by atoms with van der Waals surface area (Å²) in [6, 6.07) is 6.56. The fraction of sp³-hybridized carbons (Fsp3) is 0. The van der Waals surface area contributed by atoms with E-state index in [1.807, 2.05) is 0 Å². The van der Waals surface area contributed by atoms with Gasteiger partial charge in [0.25, 0.3) is 5.69 Å². The van der Waals surface area contributed by atoms with Crippen LogP contribution in [-0.2, 0) is 0 Å².